The molecule has 1 aliphatic heterocycles. The SMILES string of the molecule is CC(C)(C)OC(=O)N1CCN(CC(c2ccc(Br)cc2)C2(O)CCC2)CC1. The van der Waals surface area contributed by atoms with Gasteiger partial charge in [-0.2, -0.15) is 0 Å². The summed E-state index contributed by atoms with van der Waals surface area (Å²) in [5, 5.41) is 11.1. The van der Waals surface area contributed by atoms with E-state index in [2.05, 4.69) is 33.0 Å². The van der Waals surface area contributed by atoms with Gasteiger partial charge in [0.1, 0.15) is 5.60 Å². The number of nitrogens with zero attached hydrogens (tertiary/aromatic N) is 2. The Bertz CT molecular complexity index is 644. The summed E-state index contributed by atoms with van der Waals surface area (Å²) < 4.78 is 6.53. The highest BCUT2D eigenvalue weighted by Gasteiger charge is 2.43. The van der Waals surface area contributed by atoms with Gasteiger partial charge in [-0.25, -0.2) is 4.79 Å². The number of benzene rings is 1. The third kappa shape index (κ3) is 5.24. The molecule has 0 aromatic heterocycles. The molecule has 5 nitrogen and oxygen atoms in total. The number of rotatable bonds is 4. The third-order valence-corrected chi connectivity index (χ3v) is 6.13. The van der Waals surface area contributed by atoms with Gasteiger partial charge in [-0.3, -0.25) is 4.90 Å². The van der Waals surface area contributed by atoms with Crippen molar-refractivity contribution in [3.8, 4) is 0 Å². The van der Waals surface area contributed by atoms with Crippen LogP contribution in [0.5, 0.6) is 0 Å². The molecular weight excluding hydrogens is 408 g/mol. The molecule has 1 unspecified atom stereocenters. The Hall–Kier alpha value is -1.11. The van der Waals surface area contributed by atoms with E-state index < -0.39 is 11.2 Å². The Morgan fingerprint density at radius 3 is 2.26 bits per heavy atom. The molecule has 0 radical (unpaired) electrons. The Labute approximate surface area is 170 Å². The molecule has 1 saturated carbocycles. The minimum absolute atomic E-state index is 0.104. The summed E-state index contributed by atoms with van der Waals surface area (Å²) in [6.07, 6.45) is 2.59. The summed E-state index contributed by atoms with van der Waals surface area (Å²) in [6, 6.07) is 8.32. The molecular formula is C21H31BrN2O3. The van der Waals surface area contributed by atoms with Crippen molar-refractivity contribution in [1.82, 2.24) is 9.80 Å². The minimum Gasteiger partial charge on any atom is -0.444 e. The molecule has 150 valence electrons. The van der Waals surface area contributed by atoms with Crippen molar-refractivity contribution in [2.75, 3.05) is 32.7 Å². The van der Waals surface area contributed by atoms with Gasteiger partial charge >= 0.3 is 6.09 Å². The van der Waals surface area contributed by atoms with E-state index in [1.807, 2.05) is 32.9 Å². The van der Waals surface area contributed by atoms with Crippen molar-refractivity contribution in [2.45, 2.75) is 57.2 Å². The summed E-state index contributed by atoms with van der Waals surface area (Å²) in [5.41, 5.74) is 0.125. The zero-order valence-electron chi connectivity index (χ0n) is 16.6. The second kappa shape index (κ2) is 8.10. The molecule has 6 heteroatoms. The molecule has 3 rings (SSSR count). The molecule has 1 aromatic rings. The molecule has 1 atom stereocenters. The highest BCUT2D eigenvalue weighted by atomic mass is 79.9. The van der Waals surface area contributed by atoms with Gasteiger partial charge in [0.05, 0.1) is 5.60 Å². The number of ether oxygens (including phenoxy) is 1. The van der Waals surface area contributed by atoms with Crippen LogP contribution in [0.25, 0.3) is 0 Å². The van der Waals surface area contributed by atoms with Crippen LogP contribution in [0, 0.1) is 0 Å². The van der Waals surface area contributed by atoms with Gasteiger partial charge in [0.2, 0.25) is 0 Å². The zero-order valence-corrected chi connectivity index (χ0v) is 18.2. The van der Waals surface area contributed by atoms with Crippen LogP contribution in [0.4, 0.5) is 4.79 Å². The van der Waals surface area contributed by atoms with E-state index in [4.69, 9.17) is 4.74 Å². The number of halogens is 1. The molecule has 27 heavy (non-hydrogen) atoms. The van der Waals surface area contributed by atoms with Gasteiger partial charge in [0.15, 0.2) is 0 Å². The molecule has 0 bridgehead atoms. The van der Waals surface area contributed by atoms with Gasteiger partial charge in [-0.15, -0.1) is 0 Å². The molecule has 2 fully saturated rings. The lowest BCUT2D eigenvalue weighted by molar-refractivity contribution is -0.0672. The average Bonchev–Trinajstić information content (AvgIpc) is 2.57. The molecule has 1 saturated heterocycles. The van der Waals surface area contributed by atoms with Crippen LogP contribution in [0.15, 0.2) is 28.7 Å². The molecule has 0 spiro atoms. The van der Waals surface area contributed by atoms with E-state index in [0.29, 0.717) is 13.1 Å². The molecule has 1 heterocycles. The van der Waals surface area contributed by atoms with Crippen LogP contribution in [0.3, 0.4) is 0 Å². The lowest BCUT2D eigenvalue weighted by Gasteiger charge is -2.46. The third-order valence-electron chi connectivity index (χ3n) is 5.61. The first kappa shape index (κ1) is 20.6. The average molecular weight is 439 g/mol. The fourth-order valence-corrected chi connectivity index (χ4v) is 4.13. The summed E-state index contributed by atoms with van der Waals surface area (Å²) in [6.45, 7) is 9.45. The molecule has 2 aliphatic rings. The number of carbonyl (C=O) groups is 1. The Morgan fingerprint density at radius 2 is 1.78 bits per heavy atom. The van der Waals surface area contributed by atoms with Gasteiger partial charge in [-0.05, 0) is 57.7 Å². The number of hydrogen-bond donors (Lipinski definition) is 1. The van der Waals surface area contributed by atoms with Gasteiger partial charge in [-0.1, -0.05) is 28.1 Å². The smallest absolute Gasteiger partial charge is 0.410 e. The number of aliphatic hydroxyl groups is 1. The second-order valence-electron chi connectivity index (χ2n) is 8.83. The maximum atomic E-state index is 12.3. The molecule has 1 aromatic carbocycles. The fraction of sp³-hybridized carbons (Fsp3) is 0.667. The standard InChI is InChI=1S/C21H31BrN2O3/c1-20(2,3)27-19(25)24-13-11-23(12-14-24)15-18(21(26)9-4-10-21)16-5-7-17(22)8-6-16/h5-8,18,26H,4,9-15H2,1-3H3. The van der Waals surface area contributed by atoms with E-state index >= 15 is 0 Å². The van der Waals surface area contributed by atoms with Crippen molar-refractivity contribution >= 4 is 22.0 Å². The number of hydrogen-bond acceptors (Lipinski definition) is 4. The Kier molecular flexibility index (Phi) is 6.18. The first-order valence-electron chi connectivity index (χ1n) is 9.84. The number of carbonyl (C=O) groups excluding carboxylic acids is 1. The van der Waals surface area contributed by atoms with Crippen molar-refractivity contribution in [3.05, 3.63) is 34.3 Å². The van der Waals surface area contributed by atoms with Crippen LogP contribution in [0.2, 0.25) is 0 Å². The Morgan fingerprint density at radius 1 is 1.19 bits per heavy atom. The number of piperazine rings is 1. The predicted octanol–water partition coefficient (Wildman–Crippen LogP) is 4.00. The molecule has 1 aliphatic carbocycles. The largest absolute Gasteiger partial charge is 0.444 e. The van der Waals surface area contributed by atoms with E-state index in [1.165, 1.54) is 5.56 Å². The van der Waals surface area contributed by atoms with E-state index in [0.717, 1.165) is 43.4 Å². The fourth-order valence-electron chi connectivity index (χ4n) is 3.87. The monoisotopic (exact) mass is 438 g/mol. The van der Waals surface area contributed by atoms with Gasteiger partial charge < -0.3 is 14.7 Å². The highest BCUT2D eigenvalue weighted by Crippen LogP contribution is 2.44. The summed E-state index contributed by atoms with van der Waals surface area (Å²) >= 11 is 3.49. The van der Waals surface area contributed by atoms with Gasteiger partial charge in [0, 0.05) is 43.1 Å². The topological polar surface area (TPSA) is 53.0 Å². The predicted molar refractivity (Wildman–Crippen MR) is 110 cm³/mol. The number of amides is 1. The quantitative estimate of drug-likeness (QED) is 0.771. The van der Waals surface area contributed by atoms with Crippen LogP contribution >= 0.6 is 15.9 Å². The summed E-state index contributed by atoms with van der Waals surface area (Å²) in [7, 11) is 0. The summed E-state index contributed by atoms with van der Waals surface area (Å²) in [5.74, 6) is 0.104. The van der Waals surface area contributed by atoms with E-state index in [9.17, 15) is 9.90 Å². The van der Waals surface area contributed by atoms with Crippen LogP contribution in [-0.4, -0.2) is 64.9 Å². The van der Waals surface area contributed by atoms with Crippen LogP contribution < -0.4 is 0 Å². The van der Waals surface area contributed by atoms with E-state index in [1.54, 1.807) is 4.90 Å². The highest BCUT2D eigenvalue weighted by molar-refractivity contribution is 9.10. The maximum absolute atomic E-state index is 12.3. The molecule has 1 N–H and O–H groups in total. The second-order valence-corrected chi connectivity index (χ2v) is 9.74. The van der Waals surface area contributed by atoms with Crippen molar-refractivity contribution < 1.29 is 14.6 Å². The summed E-state index contributed by atoms with van der Waals surface area (Å²) in [4.78, 5) is 16.4. The van der Waals surface area contributed by atoms with Gasteiger partial charge in [0.25, 0.3) is 0 Å². The normalized spacial score (nSPS) is 21.4. The lowest BCUT2D eigenvalue weighted by atomic mass is 9.68. The lowest BCUT2D eigenvalue weighted by Crippen LogP contribution is -2.53. The first-order chi connectivity index (χ1) is 12.7. The maximum Gasteiger partial charge on any atom is 0.410 e. The van der Waals surface area contributed by atoms with E-state index in [-0.39, 0.29) is 12.0 Å². The minimum atomic E-state index is -0.601. The van der Waals surface area contributed by atoms with Crippen molar-refractivity contribution in [2.24, 2.45) is 0 Å². The van der Waals surface area contributed by atoms with Crippen LogP contribution in [0.1, 0.15) is 51.5 Å². The zero-order chi connectivity index (χ0) is 19.7. The van der Waals surface area contributed by atoms with Crippen molar-refractivity contribution in [3.63, 3.8) is 0 Å². The van der Waals surface area contributed by atoms with Crippen LogP contribution in [-0.2, 0) is 4.74 Å². The Balaban J connectivity index is 1.61. The van der Waals surface area contributed by atoms with Crippen molar-refractivity contribution in [1.29, 1.82) is 0 Å². The molecule has 1 amide bonds. The first-order valence-corrected chi connectivity index (χ1v) is 10.6.